The third-order valence-electron chi connectivity index (χ3n) is 2.50. The molecule has 102 valence electrons. The highest BCUT2D eigenvalue weighted by Gasteiger charge is 2.30. The standard InChI is InChI=1S/C11H3ClF6O/c1-19-11-8(16)3-2(7(15)10(11)18)5(13)4(12)9(17)6(3)14/h1H3. The average molecular weight is 301 g/mol. The van der Waals surface area contributed by atoms with E-state index in [1.54, 1.807) is 0 Å². The molecule has 0 spiro atoms. The molecule has 2 aromatic carbocycles. The number of methoxy groups -OCH3 is 1. The van der Waals surface area contributed by atoms with Crippen LogP contribution in [0.1, 0.15) is 0 Å². The lowest BCUT2D eigenvalue weighted by molar-refractivity contribution is 0.349. The molecule has 0 bridgehead atoms. The molecule has 0 heterocycles. The predicted octanol–water partition coefficient (Wildman–Crippen LogP) is 4.34. The van der Waals surface area contributed by atoms with E-state index in [0.717, 1.165) is 7.11 Å². The Hall–Kier alpha value is -1.63. The van der Waals surface area contributed by atoms with Crippen LogP contribution in [-0.4, -0.2) is 7.11 Å². The van der Waals surface area contributed by atoms with Crippen LogP contribution >= 0.6 is 11.6 Å². The summed E-state index contributed by atoms with van der Waals surface area (Å²) in [6.45, 7) is 0. The van der Waals surface area contributed by atoms with Crippen molar-refractivity contribution in [3.05, 3.63) is 39.9 Å². The number of rotatable bonds is 1. The van der Waals surface area contributed by atoms with Gasteiger partial charge in [0.05, 0.1) is 17.9 Å². The van der Waals surface area contributed by atoms with Gasteiger partial charge in [0.25, 0.3) is 0 Å². The Bertz CT molecular complexity index is 700. The molecule has 19 heavy (non-hydrogen) atoms. The maximum Gasteiger partial charge on any atom is 0.204 e. The van der Waals surface area contributed by atoms with Gasteiger partial charge < -0.3 is 4.74 Å². The summed E-state index contributed by atoms with van der Waals surface area (Å²) >= 11 is 5.08. The van der Waals surface area contributed by atoms with Crippen LogP contribution in [0.15, 0.2) is 0 Å². The van der Waals surface area contributed by atoms with Crippen molar-refractivity contribution < 1.29 is 31.1 Å². The molecule has 0 atom stereocenters. The van der Waals surface area contributed by atoms with Gasteiger partial charge in [0, 0.05) is 0 Å². The van der Waals surface area contributed by atoms with Gasteiger partial charge in [-0.05, 0) is 0 Å². The third-order valence-corrected chi connectivity index (χ3v) is 2.83. The zero-order valence-corrected chi connectivity index (χ0v) is 9.81. The molecule has 8 heteroatoms. The van der Waals surface area contributed by atoms with Crippen LogP contribution in [0.2, 0.25) is 5.02 Å². The summed E-state index contributed by atoms with van der Waals surface area (Å²) < 4.78 is 85.1. The summed E-state index contributed by atoms with van der Waals surface area (Å²) in [5.41, 5.74) is 0. The van der Waals surface area contributed by atoms with Gasteiger partial charge in [-0.25, -0.2) is 22.0 Å². The smallest absolute Gasteiger partial charge is 0.204 e. The van der Waals surface area contributed by atoms with E-state index >= 15 is 0 Å². The Balaban J connectivity index is 3.18. The van der Waals surface area contributed by atoms with Gasteiger partial charge in [-0.2, -0.15) is 4.39 Å². The normalized spacial score (nSPS) is 11.2. The highest BCUT2D eigenvalue weighted by atomic mass is 35.5. The van der Waals surface area contributed by atoms with E-state index in [4.69, 9.17) is 11.6 Å². The minimum Gasteiger partial charge on any atom is -0.491 e. The van der Waals surface area contributed by atoms with E-state index in [-0.39, 0.29) is 0 Å². The first kappa shape index (κ1) is 13.8. The fraction of sp³-hybridized carbons (Fsp3) is 0.0909. The number of fused-ring (bicyclic) bond motifs is 1. The molecule has 0 aliphatic rings. The summed E-state index contributed by atoms with van der Waals surface area (Å²) in [7, 11) is 0.785. The molecule has 0 saturated carbocycles. The highest BCUT2D eigenvalue weighted by molar-refractivity contribution is 6.31. The van der Waals surface area contributed by atoms with E-state index in [1.807, 2.05) is 0 Å². The van der Waals surface area contributed by atoms with Crippen LogP contribution in [0.25, 0.3) is 10.8 Å². The van der Waals surface area contributed by atoms with Crippen LogP contribution < -0.4 is 4.74 Å². The zero-order chi connectivity index (χ0) is 14.5. The lowest BCUT2D eigenvalue weighted by Gasteiger charge is -2.11. The molecule has 0 radical (unpaired) electrons. The zero-order valence-electron chi connectivity index (χ0n) is 9.05. The first-order valence-electron chi connectivity index (χ1n) is 4.69. The van der Waals surface area contributed by atoms with Crippen molar-refractivity contribution in [1.29, 1.82) is 0 Å². The summed E-state index contributed by atoms with van der Waals surface area (Å²) in [5, 5.41) is -4.22. The molecule has 2 rings (SSSR count). The van der Waals surface area contributed by atoms with Crippen LogP contribution in [-0.2, 0) is 0 Å². The van der Waals surface area contributed by atoms with Crippen molar-refractivity contribution in [2.45, 2.75) is 0 Å². The topological polar surface area (TPSA) is 9.23 Å². The van der Waals surface area contributed by atoms with Gasteiger partial charge in [0.15, 0.2) is 34.8 Å². The van der Waals surface area contributed by atoms with E-state index in [9.17, 15) is 26.3 Å². The molecule has 2 aromatic rings. The van der Waals surface area contributed by atoms with Gasteiger partial charge >= 0.3 is 0 Å². The fourth-order valence-corrected chi connectivity index (χ4v) is 1.82. The van der Waals surface area contributed by atoms with E-state index in [1.165, 1.54) is 0 Å². The number of benzene rings is 2. The van der Waals surface area contributed by atoms with Crippen molar-refractivity contribution in [2.24, 2.45) is 0 Å². The van der Waals surface area contributed by atoms with Gasteiger partial charge in [0.2, 0.25) is 5.82 Å². The number of hydrogen-bond donors (Lipinski definition) is 0. The Morgan fingerprint density at radius 3 is 1.68 bits per heavy atom. The highest BCUT2D eigenvalue weighted by Crippen LogP contribution is 2.39. The number of hydrogen-bond acceptors (Lipinski definition) is 1. The van der Waals surface area contributed by atoms with Crippen molar-refractivity contribution in [1.82, 2.24) is 0 Å². The van der Waals surface area contributed by atoms with E-state index in [0.29, 0.717) is 0 Å². The Kier molecular flexibility index (Phi) is 3.25. The van der Waals surface area contributed by atoms with Gasteiger partial charge in [0.1, 0.15) is 5.02 Å². The number of halogens is 7. The van der Waals surface area contributed by atoms with E-state index in [2.05, 4.69) is 4.74 Å². The predicted molar refractivity (Wildman–Crippen MR) is 55.3 cm³/mol. The van der Waals surface area contributed by atoms with Crippen LogP contribution in [0.4, 0.5) is 26.3 Å². The quantitative estimate of drug-likeness (QED) is 0.432. The fourth-order valence-electron chi connectivity index (χ4n) is 1.64. The second-order valence-electron chi connectivity index (χ2n) is 3.48. The lowest BCUT2D eigenvalue weighted by Crippen LogP contribution is -2.04. The molecule has 0 saturated heterocycles. The van der Waals surface area contributed by atoms with Crippen molar-refractivity contribution >= 4 is 22.4 Å². The molecular formula is C11H3ClF6O. The van der Waals surface area contributed by atoms with Gasteiger partial charge in [-0.3, -0.25) is 0 Å². The van der Waals surface area contributed by atoms with Crippen LogP contribution in [0, 0.1) is 34.9 Å². The second-order valence-corrected chi connectivity index (χ2v) is 3.86. The van der Waals surface area contributed by atoms with Crippen molar-refractivity contribution in [3.63, 3.8) is 0 Å². The SMILES string of the molecule is COc1c(F)c(F)c2c(F)c(Cl)c(F)c(F)c2c1F. The lowest BCUT2D eigenvalue weighted by atomic mass is 10.1. The molecule has 0 aliphatic heterocycles. The van der Waals surface area contributed by atoms with Crippen molar-refractivity contribution in [3.8, 4) is 5.75 Å². The monoisotopic (exact) mass is 300 g/mol. The largest absolute Gasteiger partial charge is 0.491 e. The summed E-state index contributed by atoms with van der Waals surface area (Å²) in [6.07, 6.45) is 0. The molecule has 0 aliphatic carbocycles. The Labute approximate surface area is 107 Å². The van der Waals surface area contributed by atoms with Gasteiger partial charge in [-0.15, -0.1) is 0 Å². The van der Waals surface area contributed by atoms with Crippen LogP contribution in [0.5, 0.6) is 5.75 Å². The third kappa shape index (κ3) is 1.72. The first-order chi connectivity index (χ1) is 8.82. The number of ether oxygens (including phenoxy) is 1. The Morgan fingerprint density at radius 2 is 1.16 bits per heavy atom. The van der Waals surface area contributed by atoms with Crippen LogP contribution in [0.3, 0.4) is 0 Å². The maximum absolute atomic E-state index is 13.7. The summed E-state index contributed by atoms with van der Waals surface area (Å²) in [4.78, 5) is 0. The molecule has 0 N–H and O–H groups in total. The molecule has 0 amide bonds. The molecule has 0 unspecified atom stereocenters. The second kappa shape index (κ2) is 4.48. The van der Waals surface area contributed by atoms with Crippen molar-refractivity contribution in [2.75, 3.05) is 7.11 Å². The minimum atomic E-state index is -1.93. The molecule has 0 aromatic heterocycles. The summed E-state index contributed by atoms with van der Waals surface area (Å²) in [5.74, 6) is -12.5. The molecule has 0 fully saturated rings. The molecular weight excluding hydrogens is 298 g/mol. The Morgan fingerprint density at radius 1 is 0.684 bits per heavy atom. The van der Waals surface area contributed by atoms with E-state index < -0.39 is 56.4 Å². The first-order valence-corrected chi connectivity index (χ1v) is 5.06. The average Bonchev–Trinajstić information content (AvgIpc) is 2.38. The van der Waals surface area contributed by atoms with Gasteiger partial charge in [-0.1, -0.05) is 11.6 Å². The molecule has 1 nitrogen and oxygen atoms in total. The maximum atomic E-state index is 13.7. The summed E-state index contributed by atoms with van der Waals surface area (Å²) in [6, 6.07) is 0. The minimum absolute atomic E-state index is 0.785.